The molecule has 4 rings (SSSR count). The fourth-order valence-corrected chi connectivity index (χ4v) is 3.15. The van der Waals surface area contributed by atoms with Gasteiger partial charge in [-0.25, -0.2) is 4.68 Å². The van der Waals surface area contributed by atoms with E-state index in [0.717, 1.165) is 5.69 Å². The Morgan fingerprint density at radius 1 is 1.25 bits per heavy atom. The Kier molecular flexibility index (Phi) is 4.52. The summed E-state index contributed by atoms with van der Waals surface area (Å²) in [6, 6.07) is 14.0. The van der Waals surface area contributed by atoms with Crippen molar-refractivity contribution >= 4 is 34.8 Å². The maximum atomic E-state index is 12.6. The van der Waals surface area contributed by atoms with Crippen LogP contribution in [-0.2, 0) is 4.79 Å². The summed E-state index contributed by atoms with van der Waals surface area (Å²) < 4.78 is 7.14. The van der Waals surface area contributed by atoms with Gasteiger partial charge in [0, 0.05) is 11.4 Å². The van der Waals surface area contributed by atoms with Gasteiger partial charge in [-0.3, -0.25) is 9.59 Å². The van der Waals surface area contributed by atoms with Crippen LogP contribution < -0.4 is 15.4 Å². The number of carbonyl (C=O) groups is 2. The third-order valence-corrected chi connectivity index (χ3v) is 4.69. The predicted octanol–water partition coefficient (Wildman–Crippen LogP) is 3.81. The highest BCUT2D eigenvalue weighted by Gasteiger charge is 2.24. The lowest BCUT2D eigenvalue weighted by atomic mass is 10.2. The molecule has 0 unspecified atom stereocenters. The van der Waals surface area contributed by atoms with Gasteiger partial charge in [0.15, 0.2) is 11.8 Å². The van der Waals surface area contributed by atoms with Crippen LogP contribution in [0.1, 0.15) is 23.1 Å². The van der Waals surface area contributed by atoms with Crippen LogP contribution in [0.5, 0.6) is 5.75 Å². The Morgan fingerprint density at radius 2 is 2.04 bits per heavy atom. The van der Waals surface area contributed by atoms with Gasteiger partial charge in [-0.05, 0) is 50.2 Å². The van der Waals surface area contributed by atoms with Crippen LogP contribution in [0.2, 0.25) is 5.02 Å². The van der Waals surface area contributed by atoms with E-state index in [9.17, 15) is 9.59 Å². The highest BCUT2D eigenvalue weighted by Crippen LogP contribution is 2.32. The summed E-state index contributed by atoms with van der Waals surface area (Å²) in [6.07, 6.45) is -0.551. The molecule has 142 valence electrons. The molecule has 2 aromatic carbocycles. The van der Waals surface area contributed by atoms with Crippen LogP contribution in [0, 0.1) is 6.92 Å². The number of nitrogens with one attached hydrogen (secondary N) is 2. The number of aryl methyl sites for hydroxylation is 1. The van der Waals surface area contributed by atoms with Crippen molar-refractivity contribution in [2.24, 2.45) is 0 Å². The summed E-state index contributed by atoms with van der Waals surface area (Å²) in [5.41, 5.74) is 2.76. The number of amides is 2. The van der Waals surface area contributed by atoms with E-state index in [4.69, 9.17) is 16.3 Å². The van der Waals surface area contributed by atoms with Gasteiger partial charge in [-0.1, -0.05) is 23.7 Å². The Hall–Kier alpha value is -3.32. The van der Waals surface area contributed by atoms with Crippen LogP contribution in [0.3, 0.4) is 0 Å². The molecule has 0 spiro atoms. The van der Waals surface area contributed by atoms with Crippen LogP contribution in [0.15, 0.2) is 48.5 Å². The molecular weight excluding hydrogens is 380 g/mol. The third kappa shape index (κ3) is 3.32. The largest absolute Gasteiger partial charge is 0.479 e. The molecule has 2 N–H and O–H groups in total. The molecule has 8 heteroatoms. The number of fused-ring (bicyclic) bond motifs is 1. The Labute approximate surface area is 166 Å². The van der Waals surface area contributed by atoms with Crippen LogP contribution >= 0.6 is 11.6 Å². The second-order valence-corrected chi connectivity index (χ2v) is 6.86. The van der Waals surface area contributed by atoms with E-state index in [0.29, 0.717) is 27.8 Å². The molecule has 2 heterocycles. The number of hydrogen-bond donors (Lipinski definition) is 2. The molecule has 0 fully saturated rings. The molecule has 28 heavy (non-hydrogen) atoms. The second-order valence-electron chi connectivity index (χ2n) is 6.45. The SMILES string of the molecule is Cc1cc(C(=O)Nc2ccc3c(c2)NC(=O)[C@H](C)O3)nn1-c1ccccc1Cl. The van der Waals surface area contributed by atoms with E-state index in [1.54, 1.807) is 41.9 Å². The number of benzene rings is 2. The summed E-state index contributed by atoms with van der Waals surface area (Å²) in [7, 11) is 0. The topological polar surface area (TPSA) is 85.2 Å². The monoisotopic (exact) mass is 396 g/mol. The average Bonchev–Trinajstić information content (AvgIpc) is 3.05. The molecule has 0 saturated heterocycles. The Morgan fingerprint density at radius 3 is 2.82 bits per heavy atom. The molecular formula is C20H17ClN4O3. The van der Waals surface area contributed by atoms with Gasteiger partial charge >= 0.3 is 0 Å². The van der Waals surface area contributed by atoms with Gasteiger partial charge < -0.3 is 15.4 Å². The Balaban J connectivity index is 1.57. The van der Waals surface area contributed by atoms with Crippen molar-refractivity contribution < 1.29 is 14.3 Å². The number of ether oxygens (including phenoxy) is 1. The normalized spacial score (nSPS) is 15.4. The Bertz CT molecular complexity index is 1090. The molecule has 2 amide bonds. The number of carbonyl (C=O) groups excluding carboxylic acids is 2. The number of aromatic nitrogens is 2. The summed E-state index contributed by atoms with van der Waals surface area (Å²) in [5, 5.41) is 10.5. The average molecular weight is 397 g/mol. The standard InChI is InChI=1S/C20H17ClN4O3/c1-11-9-16(24-25(11)17-6-4-3-5-14(17)21)20(27)22-13-7-8-18-15(10-13)23-19(26)12(2)28-18/h3-10,12H,1-2H3,(H,22,27)(H,23,26)/t12-/m0/s1. The van der Waals surface area contributed by atoms with Crippen molar-refractivity contribution in [2.45, 2.75) is 20.0 Å². The van der Waals surface area contributed by atoms with E-state index in [1.807, 2.05) is 25.1 Å². The minimum absolute atomic E-state index is 0.231. The van der Waals surface area contributed by atoms with Crippen molar-refractivity contribution in [3.63, 3.8) is 0 Å². The van der Waals surface area contributed by atoms with Crippen LogP contribution in [0.4, 0.5) is 11.4 Å². The fraction of sp³-hybridized carbons (Fsp3) is 0.150. The van der Waals surface area contributed by atoms with Crippen LogP contribution in [0.25, 0.3) is 5.69 Å². The lowest BCUT2D eigenvalue weighted by Crippen LogP contribution is -2.34. The lowest BCUT2D eigenvalue weighted by Gasteiger charge is -2.23. The van der Waals surface area contributed by atoms with Crippen LogP contribution in [-0.4, -0.2) is 27.7 Å². The molecule has 0 radical (unpaired) electrons. The lowest BCUT2D eigenvalue weighted by molar-refractivity contribution is -0.122. The number of halogens is 1. The minimum atomic E-state index is -0.551. The van der Waals surface area contributed by atoms with Gasteiger partial charge in [-0.15, -0.1) is 0 Å². The quantitative estimate of drug-likeness (QED) is 0.705. The molecule has 3 aromatic rings. The van der Waals surface area contributed by atoms with Gasteiger partial charge in [0.25, 0.3) is 11.8 Å². The first-order valence-corrected chi connectivity index (χ1v) is 9.04. The van der Waals surface area contributed by atoms with Crippen molar-refractivity contribution in [3.8, 4) is 11.4 Å². The predicted molar refractivity (Wildman–Crippen MR) is 106 cm³/mol. The molecule has 0 aliphatic carbocycles. The number of para-hydroxylation sites is 1. The molecule has 1 aliphatic heterocycles. The second kappa shape index (κ2) is 7.01. The van der Waals surface area contributed by atoms with E-state index in [-0.39, 0.29) is 17.5 Å². The summed E-state index contributed by atoms with van der Waals surface area (Å²) in [4.78, 5) is 24.4. The first-order chi connectivity index (χ1) is 13.4. The maximum Gasteiger partial charge on any atom is 0.276 e. The first kappa shape index (κ1) is 18.1. The zero-order chi connectivity index (χ0) is 19.8. The van der Waals surface area contributed by atoms with Crippen molar-refractivity contribution in [1.29, 1.82) is 0 Å². The van der Waals surface area contributed by atoms with E-state index in [1.165, 1.54) is 0 Å². The van der Waals surface area contributed by atoms with Crippen molar-refractivity contribution in [1.82, 2.24) is 9.78 Å². The highest BCUT2D eigenvalue weighted by molar-refractivity contribution is 6.32. The van der Waals surface area contributed by atoms with E-state index >= 15 is 0 Å². The number of nitrogens with zero attached hydrogens (tertiary/aromatic N) is 2. The van der Waals surface area contributed by atoms with Crippen molar-refractivity contribution in [2.75, 3.05) is 10.6 Å². The third-order valence-electron chi connectivity index (χ3n) is 4.37. The molecule has 1 aliphatic rings. The van der Waals surface area contributed by atoms with Gasteiger partial charge in [0.1, 0.15) is 5.75 Å². The van der Waals surface area contributed by atoms with Gasteiger partial charge in [0.2, 0.25) is 0 Å². The molecule has 7 nitrogen and oxygen atoms in total. The summed E-state index contributed by atoms with van der Waals surface area (Å²) in [5.74, 6) is -0.0423. The molecule has 0 saturated carbocycles. The van der Waals surface area contributed by atoms with E-state index < -0.39 is 6.10 Å². The van der Waals surface area contributed by atoms with Gasteiger partial charge in [0.05, 0.1) is 16.4 Å². The van der Waals surface area contributed by atoms with E-state index in [2.05, 4.69) is 15.7 Å². The zero-order valence-corrected chi connectivity index (χ0v) is 15.9. The molecule has 1 atom stereocenters. The smallest absolute Gasteiger partial charge is 0.276 e. The molecule has 1 aromatic heterocycles. The fourth-order valence-electron chi connectivity index (χ4n) is 2.93. The number of anilines is 2. The highest BCUT2D eigenvalue weighted by atomic mass is 35.5. The minimum Gasteiger partial charge on any atom is -0.479 e. The molecule has 0 bridgehead atoms. The number of rotatable bonds is 3. The number of hydrogen-bond acceptors (Lipinski definition) is 4. The maximum absolute atomic E-state index is 12.6. The summed E-state index contributed by atoms with van der Waals surface area (Å²) >= 11 is 6.23. The van der Waals surface area contributed by atoms with Gasteiger partial charge in [-0.2, -0.15) is 5.10 Å². The summed E-state index contributed by atoms with van der Waals surface area (Å²) in [6.45, 7) is 3.52. The van der Waals surface area contributed by atoms with Crippen molar-refractivity contribution in [3.05, 3.63) is 64.9 Å². The first-order valence-electron chi connectivity index (χ1n) is 8.67. The zero-order valence-electron chi connectivity index (χ0n) is 15.2.